The number of benzene rings is 1. The van der Waals surface area contributed by atoms with Gasteiger partial charge in [0.2, 0.25) is 0 Å². The predicted octanol–water partition coefficient (Wildman–Crippen LogP) is 2.05. The molecule has 1 amide bonds. The monoisotopic (exact) mass is 330 g/mol. The number of amides is 1. The number of nitrogens with two attached hydrogens (primary N) is 1. The van der Waals surface area contributed by atoms with E-state index in [1.54, 1.807) is 6.07 Å². The SMILES string of the molecule is N=C(N)N(CCOC1CCCCO1)C(=O)c1cc2ccccc2[nH]1. The lowest BCUT2D eigenvalue weighted by Gasteiger charge is -2.25. The Kier molecular flexibility index (Phi) is 5.12. The second kappa shape index (κ2) is 7.46. The van der Waals surface area contributed by atoms with Crippen molar-refractivity contribution >= 4 is 22.8 Å². The standard InChI is InChI=1S/C17H22N4O3/c18-17(19)21(8-10-24-15-7-3-4-9-23-15)16(22)14-11-12-5-1-2-6-13(12)20-14/h1-2,5-6,11,15,20H,3-4,7-10H2,(H3,18,19). The van der Waals surface area contributed by atoms with Crippen LogP contribution < -0.4 is 5.73 Å². The van der Waals surface area contributed by atoms with Crippen molar-refractivity contribution in [1.82, 2.24) is 9.88 Å². The number of carbonyl (C=O) groups is 1. The van der Waals surface area contributed by atoms with Gasteiger partial charge in [-0.1, -0.05) is 18.2 Å². The minimum atomic E-state index is -0.341. The van der Waals surface area contributed by atoms with E-state index in [0.29, 0.717) is 12.3 Å². The third-order valence-corrected chi connectivity index (χ3v) is 4.05. The van der Waals surface area contributed by atoms with E-state index in [1.165, 1.54) is 4.90 Å². The number of aromatic nitrogens is 1. The molecule has 24 heavy (non-hydrogen) atoms. The van der Waals surface area contributed by atoms with E-state index in [2.05, 4.69) is 4.98 Å². The van der Waals surface area contributed by atoms with E-state index in [-0.39, 0.29) is 31.3 Å². The summed E-state index contributed by atoms with van der Waals surface area (Å²) < 4.78 is 11.1. The summed E-state index contributed by atoms with van der Waals surface area (Å²) >= 11 is 0. The average molecular weight is 330 g/mol. The Morgan fingerprint density at radius 2 is 2.25 bits per heavy atom. The molecule has 1 aliphatic rings. The van der Waals surface area contributed by atoms with Gasteiger partial charge in [0.05, 0.1) is 13.2 Å². The summed E-state index contributed by atoms with van der Waals surface area (Å²) in [5.41, 5.74) is 6.85. The maximum absolute atomic E-state index is 12.6. The smallest absolute Gasteiger partial charge is 0.277 e. The van der Waals surface area contributed by atoms with Crippen molar-refractivity contribution in [3.8, 4) is 0 Å². The lowest BCUT2D eigenvalue weighted by molar-refractivity contribution is -0.162. The number of aromatic amines is 1. The molecule has 2 aromatic rings. The van der Waals surface area contributed by atoms with Crippen LogP contribution in [0.2, 0.25) is 0 Å². The van der Waals surface area contributed by atoms with Crippen LogP contribution in [-0.4, -0.2) is 47.8 Å². The molecule has 2 heterocycles. The molecule has 1 fully saturated rings. The molecule has 3 rings (SSSR count). The second-order valence-corrected chi connectivity index (χ2v) is 5.78. The van der Waals surface area contributed by atoms with Gasteiger partial charge in [-0.05, 0) is 31.4 Å². The molecule has 0 spiro atoms. The van der Waals surface area contributed by atoms with Gasteiger partial charge in [0.1, 0.15) is 5.69 Å². The van der Waals surface area contributed by atoms with Crippen LogP contribution in [0.5, 0.6) is 0 Å². The van der Waals surface area contributed by atoms with Gasteiger partial charge in [0.25, 0.3) is 5.91 Å². The summed E-state index contributed by atoms with van der Waals surface area (Å²) in [6.07, 6.45) is 2.76. The molecule has 1 saturated heterocycles. The minimum Gasteiger partial charge on any atom is -0.370 e. The van der Waals surface area contributed by atoms with E-state index in [0.717, 1.165) is 30.2 Å². The number of hydrogen-bond donors (Lipinski definition) is 3. The molecular formula is C17H22N4O3. The molecule has 4 N–H and O–H groups in total. The highest BCUT2D eigenvalue weighted by atomic mass is 16.7. The van der Waals surface area contributed by atoms with Crippen LogP contribution in [0.1, 0.15) is 29.8 Å². The number of H-pyrrole nitrogens is 1. The number of carbonyl (C=O) groups excluding carboxylic acids is 1. The van der Waals surface area contributed by atoms with Crippen LogP contribution in [-0.2, 0) is 9.47 Å². The maximum Gasteiger partial charge on any atom is 0.277 e. The molecule has 128 valence electrons. The first-order valence-electron chi connectivity index (χ1n) is 8.12. The molecular weight excluding hydrogens is 308 g/mol. The third kappa shape index (κ3) is 3.74. The number of ether oxygens (including phenoxy) is 2. The van der Waals surface area contributed by atoms with Crippen molar-refractivity contribution in [1.29, 1.82) is 5.41 Å². The largest absolute Gasteiger partial charge is 0.370 e. The molecule has 1 unspecified atom stereocenters. The Bertz CT molecular complexity index is 688. The summed E-state index contributed by atoms with van der Waals surface area (Å²) in [5.74, 6) is -0.640. The molecule has 7 heteroatoms. The van der Waals surface area contributed by atoms with Crippen LogP contribution in [0, 0.1) is 5.41 Å². The fraction of sp³-hybridized carbons (Fsp3) is 0.412. The molecule has 1 aliphatic heterocycles. The molecule has 0 bridgehead atoms. The fourth-order valence-electron chi connectivity index (χ4n) is 2.78. The van der Waals surface area contributed by atoms with Crippen LogP contribution in [0.3, 0.4) is 0 Å². The van der Waals surface area contributed by atoms with Gasteiger partial charge in [-0.25, -0.2) is 0 Å². The molecule has 1 aromatic carbocycles. The van der Waals surface area contributed by atoms with Crippen LogP contribution >= 0.6 is 0 Å². The Morgan fingerprint density at radius 1 is 1.42 bits per heavy atom. The van der Waals surface area contributed by atoms with E-state index in [4.69, 9.17) is 20.6 Å². The highest BCUT2D eigenvalue weighted by Crippen LogP contribution is 2.16. The Labute approximate surface area is 140 Å². The minimum absolute atomic E-state index is 0.212. The summed E-state index contributed by atoms with van der Waals surface area (Å²) in [6.45, 7) is 1.19. The average Bonchev–Trinajstić information content (AvgIpc) is 3.03. The predicted molar refractivity (Wildman–Crippen MR) is 90.8 cm³/mol. The van der Waals surface area contributed by atoms with Gasteiger partial charge < -0.3 is 20.2 Å². The van der Waals surface area contributed by atoms with Crippen molar-refractivity contribution in [2.24, 2.45) is 5.73 Å². The van der Waals surface area contributed by atoms with Crippen LogP contribution in [0.4, 0.5) is 0 Å². The zero-order valence-electron chi connectivity index (χ0n) is 13.5. The van der Waals surface area contributed by atoms with Crippen LogP contribution in [0.25, 0.3) is 10.9 Å². The van der Waals surface area contributed by atoms with E-state index in [9.17, 15) is 4.79 Å². The molecule has 0 saturated carbocycles. The third-order valence-electron chi connectivity index (χ3n) is 4.05. The zero-order chi connectivity index (χ0) is 16.9. The lowest BCUT2D eigenvalue weighted by Crippen LogP contribution is -2.43. The number of fused-ring (bicyclic) bond motifs is 1. The molecule has 1 atom stereocenters. The number of para-hydroxylation sites is 1. The van der Waals surface area contributed by atoms with Crippen molar-refractivity contribution in [3.05, 3.63) is 36.0 Å². The van der Waals surface area contributed by atoms with Crippen molar-refractivity contribution in [2.45, 2.75) is 25.6 Å². The first-order chi connectivity index (χ1) is 11.6. The van der Waals surface area contributed by atoms with Gasteiger partial charge >= 0.3 is 0 Å². The molecule has 0 radical (unpaired) electrons. The van der Waals surface area contributed by atoms with E-state index in [1.807, 2.05) is 24.3 Å². The second-order valence-electron chi connectivity index (χ2n) is 5.78. The highest BCUT2D eigenvalue weighted by Gasteiger charge is 2.21. The normalized spacial score (nSPS) is 17.8. The number of nitrogens with zero attached hydrogens (tertiary/aromatic N) is 1. The first-order valence-corrected chi connectivity index (χ1v) is 8.12. The number of nitrogens with one attached hydrogen (secondary N) is 2. The highest BCUT2D eigenvalue weighted by molar-refractivity contribution is 6.05. The van der Waals surface area contributed by atoms with Crippen LogP contribution in [0.15, 0.2) is 30.3 Å². The lowest BCUT2D eigenvalue weighted by atomic mass is 10.2. The molecule has 0 aliphatic carbocycles. The Hall–Kier alpha value is -2.38. The number of hydrogen-bond acceptors (Lipinski definition) is 4. The van der Waals surface area contributed by atoms with Crippen molar-refractivity contribution in [3.63, 3.8) is 0 Å². The van der Waals surface area contributed by atoms with Gasteiger partial charge in [-0.15, -0.1) is 0 Å². The summed E-state index contributed by atoms with van der Waals surface area (Å²) in [6, 6.07) is 9.38. The fourth-order valence-corrected chi connectivity index (χ4v) is 2.78. The van der Waals surface area contributed by atoms with E-state index >= 15 is 0 Å². The summed E-state index contributed by atoms with van der Waals surface area (Å²) in [5, 5.41) is 8.61. The van der Waals surface area contributed by atoms with E-state index < -0.39 is 0 Å². The number of guanidine groups is 1. The van der Waals surface area contributed by atoms with Crippen molar-refractivity contribution in [2.75, 3.05) is 19.8 Å². The van der Waals surface area contributed by atoms with Gasteiger partial charge in [0, 0.05) is 17.5 Å². The molecule has 7 nitrogen and oxygen atoms in total. The van der Waals surface area contributed by atoms with Gasteiger partial charge in [0.15, 0.2) is 12.2 Å². The van der Waals surface area contributed by atoms with Gasteiger partial charge in [-0.3, -0.25) is 15.1 Å². The summed E-state index contributed by atoms with van der Waals surface area (Å²) in [4.78, 5) is 16.9. The summed E-state index contributed by atoms with van der Waals surface area (Å²) in [7, 11) is 0. The first kappa shape index (κ1) is 16.5. The quantitative estimate of drug-likeness (QED) is 0.576. The van der Waals surface area contributed by atoms with Gasteiger partial charge in [-0.2, -0.15) is 0 Å². The van der Waals surface area contributed by atoms with Crippen molar-refractivity contribution < 1.29 is 14.3 Å². The Balaban J connectivity index is 1.63. The maximum atomic E-state index is 12.6. The zero-order valence-corrected chi connectivity index (χ0v) is 13.5. The molecule has 1 aromatic heterocycles. The number of rotatable bonds is 5. The Morgan fingerprint density at radius 3 is 2.96 bits per heavy atom. The topological polar surface area (TPSA) is 104 Å².